The lowest BCUT2D eigenvalue weighted by Gasteiger charge is -1.88. The number of rotatable bonds is 0. The van der Waals surface area contributed by atoms with E-state index in [1.807, 2.05) is 4.98 Å². The highest BCUT2D eigenvalue weighted by atomic mass is 31.0. The molecule has 0 saturated heterocycles. The first-order valence-corrected chi connectivity index (χ1v) is 2.65. The maximum absolute atomic E-state index is 10.5. The minimum Gasteiger partial charge on any atom is -0.269 e. The molecule has 0 aliphatic heterocycles. The van der Waals surface area contributed by atoms with Crippen LogP contribution in [0.15, 0.2) is 15.9 Å². The number of aromatic amines is 1. The highest BCUT2D eigenvalue weighted by Crippen LogP contribution is 1.75. The summed E-state index contributed by atoms with van der Waals surface area (Å²) in [6.45, 7) is 0. The number of aromatic nitrogens is 3. The molecule has 1 atom stereocenters. The summed E-state index contributed by atoms with van der Waals surface area (Å²) in [6.07, 6.45) is 1.13. The van der Waals surface area contributed by atoms with Gasteiger partial charge in [0.2, 0.25) is 0 Å². The molecule has 6 heteroatoms. The van der Waals surface area contributed by atoms with Crippen LogP contribution in [0.25, 0.3) is 0 Å². The molecular weight excluding hydrogens is 141 g/mol. The van der Waals surface area contributed by atoms with Crippen LogP contribution in [-0.4, -0.2) is 14.3 Å². The fourth-order valence-corrected chi connectivity index (χ4v) is 0.487. The molecule has 1 aromatic rings. The van der Waals surface area contributed by atoms with E-state index in [9.17, 15) is 9.59 Å². The highest BCUT2D eigenvalue weighted by Gasteiger charge is 1.86. The fraction of sp³-hybridized carbons (Fsp3) is 0. The van der Waals surface area contributed by atoms with Crippen LogP contribution in [0, 0.1) is 0 Å². The van der Waals surface area contributed by atoms with Gasteiger partial charge in [0.15, 0.2) is 0 Å². The molecule has 1 unspecified atom stereocenters. The third-order valence-electron chi connectivity index (χ3n) is 0.748. The first-order valence-electron chi connectivity index (χ1n) is 2.13. The van der Waals surface area contributed by atoms with E-state index in [4.69, 9.17) is 0 Å². The third-order valence-corrected chi connectivity index (χ3v) is 1.12. The van der Waals surface area contributed by atoms with E-state index in [1.54, 1.807) is 0 Å². The molecule has 1 aromatic heterocycles. The summed E-state index contributed by atoms with van der Waals surface area (Å²) >= 11 is 0. The van der Waals surface area contributed by atoms with E-state index in [2.05, 4.69) is 14.4 Å². The van der Waals surface area contributed by atoms with Crippen LogP contribution >= 0.6 is 9.39 Å². The van der Waals surface area contributed by atoms with Gasteiger partial charge in [-0.15, -0.1) is 0 Å². The Morgan fingerprint density at radius 3 is 2.78 bits per heavy atom. The summed E-state index contributed by atoms with van der Waals surface area (Å²) in [4.78, 5) is 26.0. The Kier molecular flexibility index (Phi) is 1.44. The molecule has 0 radical (unpaired) electrons. The zero-order chi connectivity index (χ0) is 6.85. The van der Waals surface area contributed by atoms with Gasteiger partial charge in [0.05, 0.1) is 0 Å². The van der Waals surface area contributed by atoms with Gasteiger partial charge in [-0.05, 0) is 9.39 Å². The van der Waals surface area contributed by atoms with Crippen LogP contribution in [0.2, 0.25) is 0 Å². The molecule has 0 bridgehead atoms. The molecule has 0 aromatic carbocycles. The van der Waals surface area contributed by atoms with Gasteiger partial charge in [0.25, 0.3) is 0 Å². The summed E-state index contributed by atoms with van der Waals surface area (Å²) in [5.41, 5.74) is -1.11. The summed E-state index contributed by atoms with van der Waals surface area (Å²) in [5, 5.41) is 0. The van der Waals surface area contributed by atoms with Crippen LogP contribution in [0.4, 0.5) is 0 Å². The van der Waals surface area contributed by atoms with Crippen LogP contribution in [0.3, 0.4) is 0 Å². The molecule has 5 nitrogen and oxygen atoms in total. The molecule has 1 heterocycles. The van der Waals surface area contributed by atoms with Crippen molar-refractivity contribution in [1.29, 1.82) is 0 Å². The zero-order valence-corrected chi connectivity index (χ0v) is 5.52. The molecule has 0 fully saturated rings. The summed E-state index contributed by atoms with van der Waals surface area (Å²) < 4.78 is 1.10. The van der Waals surface area contributed by atoms with Crippen molar-refractivity contribution in [3.05, 3.63) is 27.3 Å². The lowest BCUT2D eigenvalue weighted by molar-refractivity contribution is 0.898. The summed E-state index contributed by atoms with van der Waals surface area (Å²) in [6, 6.07) is 0. The Bertz CT molecular complexity index is 313. The molecule has 0 amide bonds. The molecule has 0 aliphatic rings. The summed E-state index contributed by atoms with van der Waals surface area (Å²) in [5.74, 6) is 0. The van der Waals surface area contributed by atoms with Crippen LogP contribution in [-0.2, 0) is 0 Å². The van der Waals surface area contributed by atoms with Gasteiger partial charge in [0, 0.05) is 0 Å². The molecule has 0 saturated carbocycles. The zero-order valence-electron chi connectivity index (χ0n) is 4.37. The second-order valence-electron chi connectivity index (χ2n) is 1.39. The SMILES string of the molecule is O=c1ncn(P)c(=O)[nH]1. The van der Waals surface area contributed by atoms with Crippen molar-refractivity contribution in [2.45, 2.75) is 0 Å². The number of hydrogen-bond acceptors (Lipinski definition) is 3. The van der Waals surface area contributed by atoms with Crippen LogP contribution in [0.5, 0.6) is 0 Å². The van der Waals surface area contributed by atoms with E-state index in [-0.39, 0.29) is 0 Å². The Labute approximate surface area is 52.0 Å². The van der Waals surface area contributed by atoms with Crippen molar-refractivity contribution in [1.82, 2.24) is 14.3 Å². The maximum atomic E-state index is 10.5. The van der Waals surface area contributed by atoms with Crippen molar-refractivity contribution in [2.75, 3.05) is 0 Å². The molecule has 1 rings (SSSR count). The maximum Gasteiger partial charge on any atom is 0.350 e. The van der Waals surface area contributed by atoms with Gasteiger partial charge < -0.3 is 0 Å². The topological polar surface area (TPSA) is 67.8 Å². The number of nitrogens with one attached hydrogen (secondary N) is 1. The molecule has 48 valence electrons. The van der Waals surface area contributed by atoms with Gasteiger partial charge in [0.1, 0.15) is 6.33 Å². The lowest BCUT2D eigenvalue weighted by atomic mass is 11.0. The molecule has 0 spiro atoms. The number of hydrogen-bond donors (Lipinski definition) is 1. The van der Waals surface area contributed by atoms with Crippen LogP contribution in [0.1, 0.15) is 0 Å². The van der Waals surface area contributed by atoms with E-state index < -0.39 is 11.4 Å². The number of nitrogens with zero attached hydrogens (tertiary/aromatic N) is 2. The Morgan fingerprint density at radius 2 is 2.33 bits per heavy atom. The van der Waals surface area contributed by atoms with E-state index >= 15 is 0 Å². The molecule has 9 heavy (non-hydrogen) atoms. The van der Waals surface area contributed by atoms with E-state index in [0.29, 0.717) is 0 Å². The predicted molar refractivity (Wildman–Crippen MR) is 34.2 cm³/mol. The van der Waals surface area contributed by atoms with Crippen molar-refractivity contribution in [3.8, 4) is 0 Å². The van der Waals surface area contributed by atoms with Gasteiger partial charge >= 0.3 is 11.4 Å². The first-order chi connectivity index (χ1) is 4.20. The standard InChI is InChI=1S/C3H4N3O2P/c7-2-4-1-6(9)3(8)5-2/h1H,9H2,(H,5,7,8). The molecule has 0 aliphatic carbocycles. The summed E-state index contributed by atoms with van der Waals surface area (Å²) in [7, 11) is 2.08. The first kappa shape index (κ1) is 6.16. The second-order valence-corrected chi connectivity index (χ2v) is 1.94. The Hall–Kier alpha value is -0.960. The largest absolute Gasteiger partial charge is 0.350 e. The van der Waals surface area contributed by atoms with Gasteiger partial charge in [-0.3, -0.25) is 9.32 Å². The second kappa shape index (κ2) is 2.11. The Morgan fingerprint density at radius 1 is 1.67 bits per heavy atom. The average molecular weight is 145 g/mol. The lowest BCUT2D eigenvalue weighted by Crippen LogP contribution is -2.26. The van der Waals surface area contributed by atoms with Crippen molar-refractivity contribution >= 4 is 9.39 Å². The van der Waals surface area contributed by atoms with Gasteiger partial charge in [-0.2, -0.15) is 4.98 Å². The van der Waals surface area contributed by atoms with Gasteiger partial charge in [-0.1, -0.05) is 0 Å². The minimum atomic E-state index is -0.626. The third kappa shape index (κ3) is 1.23. The molecular formula is C3H4N3O2P. The average Bonchev–Trinajstić information content (AvgIpc) is 1.80. The van der Waals surface area contributed by atoms with Crippen molar-refractivity contribution < 1.29 is 0 Å². The fourth-order valence-electron chi connectivity index (χ4n) is 0.355. The van der Waals surface area contributed by atoms with Gasteiger partial charge in [-0.25, -0.2) is 9.59 Å². The normalized spacial score (nSPS) is 9.44. The van der Waals surface area contributed by atoms with Crippen LogP contribution < -0.4 is 11.4 Å². The van der Waals surface area contributed by atoms with E-state index in [1.165, 1.54) is 0 Å². The quantitative estimate of drug-likeness (QED) is 0.455. The Balaban J connectivity index is 3.52. The van der Waals surface area contributed by atoms with Crippen molar-refractivity contribution in [2.24, 2.45) is 0 Å². The minimum absolute atomic E-state index is 0.486. The smallest absolute Gasteiger partial charge is 0.269 e. The monoisotopic (exact) mass is 145 g/mol. The highest BCUT2D eigenvalue weighted by molar-refractivity contribution is 7.14. The van der Waals surface area contributed by atoms with E-state index in [0.717, 1.165) is 10.7 Å². The predicted octanol–water partition coefficient (Wildman–Crippen LogP) is -1.43. The number of H-pyrrole nitrogens is 1. The van der Waals surface area contributed by atoms with Crippen molar-refractivity contribution in [3.63, 3.8) is 0 Å². The molecule has 1 N–H and O–H groups in total.